The summed E-state index contributed by atoms with van der Waals surface area (Å²) >= 11 is 1.82. The molecule has 132 valence electrons. The summed E-state index contributed by atoms with van der Waals surface area (Å²) in [6.07, 6.45) is 4.71. The van der Waals surface area contributed by atoms with Gasteiger partial charge in [0.2, 0.25) is 0 Å². The topological polar surface area (TPSA) is 25.4 Å². The van der Waals surface area contributed by atoms with Crippen LogP contribution in [0.15, 0.2) is 48.8 Å². The maximum absolute atomic E-state index is 5.81. The van der Waals surface area contributed by atoms with Gasteiger partial charge >= 0.3 is 0 Å². The zero-order valence-electron chi connectivity index (χ0n) is 15.1. The molecule has 25 heavy (non-hydrogen) atoms. The lowest BCUT2D eigenvalue weighted by Gasteiger charge is -2.17. The number of likely N-dealkylation sites (N-methyl/N-ethyl adjacent to an activating group) is 1. The van der Waals surface area contributed by atoms with Crippen molar-refractivity contribution in [3.8, 4) is 10.4 Å². The van der Waals surface area contributed by atoms with Crippen LogP contribution < -0.4 is 0 Å². The molecule has 2 aromatic heterocycles. The minimum Gasteiger partial charge on any atom is -0.380 e. The van der Waals surface area contributed by atoms with E-state index in [0.29, 0.717) is 0 Å². The summed E-state index contributed by atoms with van der Waals surface area (Å²) in [4.78, 5) is 7.88. The Labute approximate surface area is 154 Å². The third-order valence-corrected chi connectivity index (χ3v) is 5.67. The van der Waals surface area contributed by atoms with E-state index in [0.717, 1.165) is 39.3 Å². The number of hydrogen-bond donors (Lipinski definition) is 0. The van der Waals surface area contributed by atoms with Crippen LogP contribution in [-0.4, -0.2) is 42.7 Å². The van der Waals surface area contributed by atoms with Gasteiger partial charge in [-0.25, -0.2) is 0 Å². The third-order valence-electron chi connectivity index (χ3n) is 4.51. The predicted molar refractivity (Wildman–Crippen MR) is 107 cm³/mol. The quantitative estimate of drug-likeness (QED) is 0.513. The van der Waals surface area contributed by atoms with E-state index in [1.807, 2.05) is 29.8 Å². The Balaban J connectivity index is 1.56. The monoisotopic (exact) mass is 354 g/mol. The fourth-order valence-electron chi connectivity index (χ4n) is 2.92. The van der Waals surface area contributed by atoms with Crippen LogP contribution in [0.1, 0.15) is 19.4 Å². The van der Waals surface area contributed by atoms with Crippen molar-refractivity contribution < 1.29 is 4.74 Å². The van der Waals surface area contributed by atoms with Gasteiger partial charge in [-0.3, -0.25) is 4.98 Å². The van der Waals surface area contributed by atoms with Crippen molar-refractivity contribution in [1.82, 2.24) is 9.88 Å². The van der Waals surface area contributed by atoms with Gasteiger partial charge < -0.3 is 9.64 Å². The second-order valence-electron chi connectivity index (χ2n) is 6.11. The van der Waals surface area contributed by atoms with Crippen molar-refractivity contribution in [1.29, 1.82) is 0 Å². The first-order valence-electron chi connectivity index (χ1n) is 9.03. The predicted octanol–water partition coefficient (Wildman–Crippen LogP) is 4.86. The highest BCUT2D eigenvalue weighted by molar-refractivity contribution is 7.22. The summed E-state index contributed by atoms with van der Waals surface area (Å²) in [6, 6.07) is 13.1. The number of nitrogens with zero attached hydrogens (tertiary/aromatic N) is 2. The third kappa shape index (κ3) is 4.88. The van der Waals surface area contributed by atoms with Crippen LogP contribution in [0.5, 0.6) is 0 Å². The summed E-state index contributed by atoms with van der Waals surface area (Å²) in [5.41, 5.74) is 2.52. The van der Waals surface area contributed by atoms with Crippen LogP contribution in [0.3, 0.4) is 0 Å². The van der Waals surface area contributed by atoms with Gasteiger partial charge in [-0.1, -0.05) is 32.0 Å². The van der Waals surface area contributed by atoms with Crippen molar-refractivity contribution >= 4 is 21.4 Å². The molecule has 0 aliphatic carbocycles. The highest BCUT2D eigenvalue weighted by Gasteiger charge is 2.05. The summed E-state index contributed by atoms with van der Waals surface area (Å²) in [5, 5.41) is 1.31. The second kappa shape index (κ2) is 9.09. The Kier molecular flexibility index (Phi) is 6.56. The van der Waals surface area contributed by atoms with E-state index in [1.165, 1.54) is 26.1 Å². The molecule has 0 saturated heterocycles. The summed E-state index contributed by atoms with van der Waals surface area (Å²) in [5.74, 6) is 0. The molecule has 0 atom stereocenters. The van der Waals surface area contributed by atoms with E-state index in [4.69, 9.17) is 4.74 Å². The van der Waals surface area contributed by atoms with Crippen molar-refractivity contribution in [2.24, 2.45) is 0 Å². The smallest absolute Gasteiger partial charge is 0.0593 e. The van der Waals surface area contributed by atoms with Crippen LogP contribution in [0.2, 0.25) is 0 Å². The van der Waals surface area contributed by atoms with E-state index in [1.54, 1.807) is 0 Å². The Morgan fingerprint density at radius 3 is 2.72 bits per heavy atom. The normalized spacial score (nSPS) is 11.5. The zero-order chi connectivity index (χ0) is 17.5. The van der Waals surface area contributed by atoms with Gasteiger partial charge in [-0.2, -0.15) is 0 Å². The molecule has 0 spiro atoms. The van der Waals surface area contributed by atoms with E-state index in [9.17, 15) is 0 Å². The minimum atomic E-state index is 0.784. The molecule has 0 saturated carbocycles. The fraction of sp³-hybridized carbons (Fsp3) is 0.381. The van der Waals surface area contributed by atoms with Crippen LogP contribution in [0, 0.1) is 0 Å². The van der Waals surface area contributed by atoms with Gasteiger partial charge in [0.15, 0.2) is 0 Å². The molecular weight excluding hydrogens is 328 g/mol. The van der Waals surface area contributed by atoms with E-state index < -0.39 is 0 Å². The molecule has 0 amide bonds. The lowest BCUT2D eigenvalue weighted by Crippen LogP contribution is -2.27. The molecule has 0 N–H and O–H groups in total. The van der Waals surface area contributed by atoms with Crippen molar-refractivity contribution in [3.63, 3.8) is 0 Å². The maximum atomic E-state index is 5.81. The average molecular weight is 355 g/mol. The van der Waals surface area contributed by atoms with E-state index in [-0.39, 0.29) is 0 Å². The maximum Gasteiger partial charge on any atom is 0.0593 e. The second-order valence-corrected chi connectivity index (χ2v) is 7.20. The lowest BCUT2D eigenvalue weighted by atomic mass is 10.1. The Bertz CT molecular complexity index is 781. The van der Waals surface area contributed by atoms with Gasteiger partial charge in [0.05, 0.1) is 13.2 Å². The van der Waals surface area contributed by atoms with Gasteiger partial charge in [0.25, 0.3) is 0 Å². The minimum absolute atomic E-state index is 0.784. The lowest BCUT2D eigenvalue weighted by molar-refractivity contribution is 0.109. The summed E-state index contributed by atoms with van der Waals surface area (Å²) in [6.45, 7) is 9.19. The highest BCUT2D eigenvalue weighted by atomic mass is 32.1. The molecule has 3 rings (SSSR count). The van der Waals surface area contributed by atoms with Gasteiger partial charge in [-0.05, 0) is 48.7 Å². The molecule has 0 unspecified atom stereocenters. The first kappa shape index (κ1) is 18.1. The number of aromatic nitrogens is 1. The molecule has 0 aliphatic rings. The molecule has 0 aliphatic heterocycles. The fourth-order valence-corrected chi connectivity index (χ4v) is 3.96. The molecule has 3 nitrogen and oxygen atoms in total. The number of pyridine rings is 1. The molecule has 0 radical (unpaired) electrons. The first-order valence-corrected chi connectivity index (χ1v) is 9.84. The summed E-state index contributed by atoms with van der Waals surface area (Å²) < 4.78 is 7.14. The number of fused-ring (bicyclic) bond motifs is 1. The number of hydrogen-bond acceptors (Lipinski definition) is 4. The van der Waals surface area contributed by atoms with E-state index >= 15 is 0 Å². The van der Waals surface area contributed by atoms with Crippen molar-refractivity contribution in [3.05, 3.63) is 54.4 Å². The van der Waals surface area contributed by atoms with Gasteiger partial charge in [0, 0.05) is 34.1 Å². The first-order chi connectivity index (χ1) is 12.3. The number of thiophene rings is 1. The molecule has 3 aromatic rings. The number of rotatable bonds is 9. The summed E-state index contributed by atoms with van der Waals surface area (Å²) in [7, 11) is 0. The molecular formula is C21H26N2OS. The standard InChI is InChI=1S/C21H26N2OS/c1-3-23(4-2)11-13-24-12-9-17-7-8-20-19(14-17)15-21(25-20)18-6-5-10-22-16-18/h5-8,10,14-16H,3-4,9,11-13H2,1-2H3. The molecule has 1 aromatic carbocycles. The van der Waals surface area contributed by atoms with Crippen molar-refractivity contribution in [2.75, 3.05) is 32.8 Å². The molecule has 0 bridgehead atoms. The number of ether oxygens (including phenoxy) is 1. The van der Waals surface area contributed by atoms with Gasteiger partial charge in [-0.15, -0.1) is 11.3 Å². The van der Waals surface area contributed by atoms with Crippen LogP contribution in [-0.2, 0) is 11.2 Å². The Hall–Kier alpha value is -1.75. The molecule has 2 heterocycles. The molecule has 4 heteroatoms. The molecule has 0 fully saturated rings. The van der Waals surface area contributed by atoms with Crippen LogP contribution in [0.25, 0.3) is 20.5 Å². The highest BCUT2D eigenvalue weighted by Crippen LogP contribution is 2.33. The van der Waals surface area contributed by atoms with Crippen molar-refractivity contribution in [2.45, 2.75) is 20.3 Å². The average Bonchev–Trinajstić information content (AvgIpc) is 3.09. The SMILES string of the molecule is CCN(CC)CCOCCc1ccc2sc(-c3cccnc3)cc2c1. The van der Waals surface area contributed by atoms with Crippen LogP contribution >= 0.6 is 11.3 Å². The van der Waals surface area contributed by atoms with E-state index in [2.05, 4.69) is 54.1 Å². The largest absolute Gasteiger partial charge is 0.380 e. The Morgan fingerprint density at radius 2 is 1.96 bits per heavy atom. The zero-order valence-corrected chi connectivity index (χ0v) is 15.9. The number of benzene rings is 1. The Morgan fingerprint density at radius 1 is 1.08 bits per heavy atom. The van der Waals surface area contributed by atoms with Crippen LogP contribution in [0.4, 0.5) is 0 Å². The van der Waals surface area contributed by atoms with Gasteiger partial charge in [0.1, 0.15) is 0 Å².